The van der Waals surface area contributed by atoms with Gasteiger partial charge in [-0.2, -0.15) is 0 Å². The standard InChI is InChI=1S/C11H25NO3/c1-4-6-14-8-9-15-7-5-11(2,10-13)12-3/h12-13H,4-10H2,1-3H3. The summed E-state index contributed by atoms with van der Waals surface area (Å²) in [5.74, 6) is 0. The van der Waals surface area contributed by atoms with Crippen LogP contribution in [0.25, 0.3) is 0 Å². The van der Waals surface area contributed by atoms with Gasteiger partial charge in [-0.25, -0.2) is 0 Å². The van der Waals surface area contributed by atoms with Crippen LogP contribution < -0.4 is 5.32 Å². The van der Waals surface area contributed by atoms with Gasteiger partial charge in [0.25, 0.3) is 0 Å². The van der Waals surface area contributed by atoms with Crippen molar-refractivity contribution in [1.82, 2.24) is 5.32 Å². The first-order valence-corrected chi connectivity index (χ1v) is 5.64. The fraction of sp³-hybridized carbons (Fsp3) is 1.00. The van der Waals surface area contributed by atoms with Gasteiger partial charge in [0.2, 0.25) is 0 Å². The van der Waals surface area contributed by atoms with Gasteiger partial charge in [-0.15, -0.1) is 0 Å². The van der Waals surface area contributed by atoms with E-state index in [9.17, 15) is 0 Å². The van der Waals surface area contributed by atoms with Crippen LogP contribution in [0.4, 0.5) is 0 Å². The van der Waals surface area contributed by atoms with E-state index in [1.807, 2.05) is 14.0 Å². The lowest BCUT2D eigenvalue weighted by atomic mass is 10.0. The molecule has 0 aromatic carbocycles. The maximum Gasteiger partial charge on any atom is 0.0700 e. The van der Waals surface area contributed by atoms with Gasteiger partial charge in [-0.3, -0.25) is 0 Å². The van der Waals surface area contributed by atoms with Crippen LogP contribution in [0.5, 0.6) is 0 Å². The van der Waals surface area contributed by atoms with Crippen LogP contribution in [-0.4, -0.2) is 50.7 Å². The first-order chi connectivity index (χ1) is 7.18. The summed E-state index contributed by atoms with van der Waals surface area (Å²) in [6.07, 6.45) is 1.84. The molecule has 0 aliphatic carbocycles. The highest BCUT2D eigenvalue weighted by molar-refractivity contribution is 4.79. The number of ether oxygens (including phenoxy) is 2. The van der Waals surface area contributed by atoms with E-state index in [2.05, 4.69) is 12.2 Å². The van der Waals surface area contributed by atoms with Crippen molar-refractivity contribution in [3.8, 4) is 0 Å². The van der Waals surface area contributed by atoms with Crippen molar-refractivity contribution in [3.63, 3.8) is 0 Å². The number of likely N-dealkylation sites (N-methyl/N-ethyl adjacent to an activating group) is 1. The number of rotatable bonds is 10. The zero-order chi connectivity index (χ0) is 11.6. The van der Waals surface area contributed by atoms with Gasteiger partial charge >= 0.3 is 0 Å². The molecule has 15 heavy (non-hydrogen) atoms. The van der Waals surface area contributed by atoms with Crippen molar-refractivity contribution in [3.05, 3.63) is 0 Å². The molecule has 0 radical (unpaired) electrons. The predicted octanol–water partition coefficient (Wildman–Crippen LogP) is 0.790. The largest absolute Gasteiger partial charge is 0.394 e. The van der Waals surface area contributed by atoms with Crippen LogP contribution in [0, 0.1) is 0 Å². The molecule has 4 nitrogen and oxygen atoms in total. The topological polar surface area (TPSA) is 50.7 Å². The Bertz CT molecular complexity index is 138. The lowest BCUT2D eigenvalue weighted by Crippen LogP contribution is -2.44. The molecule has 0 fully saturated rings. The van der Waals surface area contributed by atoms with E-state index in [0.717, 1.165) is 19.4 Å². The van der Waals surface area contributed by atoms with Crippen molar-refractivity contribution in [2.75, 3.05) is 40.1 Å². The van der Waals surface area contributed by atoms with Gasteiger partial charge in [-0.05, 0) is 26.8 Å². The maximum absolute atomic E-state index is 9.12. The summed E-state index contributed by atoms with van der Waals surface area (Å²) in [6, 6.07) is 0. The fourth-order valence-electron chi connectivity index (χ4n) is 1.05. The quantitative estimate of drug-likeness (QED) is 0.533. The normalized spacial score (nSPS) is 15.2. The minimum Gasteiger partial charge on any atom is -0.394 e. The molecule has 0 amide bonds. The molecular weight excluding hydrogens is 194 g/mol. The van der Waals surface area contributed by atoms with Crippen LogP contribution in [-0.2, 0) is 9.47 Å². The van der Waals surface area contributed by atoms with Crippen molar-refractivity contribution < 1.29 is 14.6 Å². The number of aliphatic hydroxyl groups excluding tert-OH is 1. The number of nitrogens with one attached hydrogen (secondary N) is 1. The second-order valence-electron chi connectivity index (χ2n) is 3.94. The Hall–Kier alpha value is -0.160. The third-order valence-electron chi connectivity index (χ3n) is 2.47. The van der Waals surface area contributed by atoms with Crippen molar-refractivity contribution in [1.29, 1.82) is 0 Å². The summed E-state index contributed by atoms with van der Waals surface area (Å²) < 4.78 is 10.7. The van der Waals surface area contributed by atoms with E-state index >= 15 is 0 Å². The predicted molar refractivity (Wildman–Crippen MR) is 61.1 cm³/mol. The molecule has 0 spiro atoms. The lowest BCUT2D eigenvalue weighted by Gasteiger charge is -2.26. The number of hydrogen-bond acceptors (Lipinski definition) is 4. The average molecular weight is 219 g/mol. The SMILES string of the molecule is CCCOCCOCCC(C)(CO)NC. The van der Waals surface area contributed by atoms with Crippen LogP contribution >= 0.6 is 0 Å². The third-order valence-corrected chi connectivity index (χ3v) is 2.47. The molecule has 0 saturated heterocycles. The molecule has 1 atom stereocenters. The Morgan fingerprint density at radius 3 is 2.20 bits per heavy atom. The Morgan fingerprint density at radius 1 is 1.13 bits per heavy atom. The van der Waals surface area contributed by atoms with Crippen LogP contribution in [0.2, 0.25) is 0 Å². The van der Waals surface area contributed by atoms with E-state index in [-0.39, 0.29) is 12.1 Å². The Labute approximate surface area is 93.0 Å². The van der Waals surface area contributed by atoms with Crippen molar-refractivity contribution >= 4 is 0 Å². The molecule has 0 bridgehead atoms. The Morgan fingerprint density at radius 2 is 1.73 bits per heavy atom. The Balaban J connectivity index is 3.29. The van der Waals surface area contributed by atoms with Gasteiger partial charge < -0.3 is 19.9 Å². The monoisotopic (exact) mass is 219 g/mol. The summed E-state index contributed by atoms with van der Waals surface area (Å²) in [5.41, 5.74) is -0.232. The van der Waals surface area contributed by atoms with Gasteiger partial charge in [0.1, 0.15) is 0 Å². The van der Waals surface area contributed by atoms with Gasteiger partial charge in [0.15, 0.2) is 0 Å². The van der Waals surface area contributed by atoms with Gasteiger partial charge in [0, 0.05) is 18.8 Å². The molecule has 1 unspecified atom stereocenters. The summed E-state index contributed by atoms with van der Waals surface area (Å²) in [5, 5.41) is 12.2. The van der Waals surface area contributed by atoms with E-state index in [1.54, 1.807) is 0 Å². The highest BCUT2D eigenvalue weighted by Crippen LogP contribution is 2.07. The molecule has 0 aliphatic heterocycles. The molecule has 0 aromatic rings. The van der Waals surface area contributed by atoms with Gasteiger partial charge in [0.05, 0.1) is 19.8 Å². The zero-order valence-corrected chi connectivity index (χ0v) is 10.2. The minimum atomic E-state index is -0.232. The molecule has 0 saturated carbocycles. The van der Waals surface area contributed by atoms with Crippen LogP contribution in [0.15, 0.2) is 0 Å². The first-order valence-electron chi connectivity index (χ1n) is 5.64. The number of hydrogen-bond donors (Lipinski definition) is 2. The second-order valence-corrected chi connectivity index (χ2v) is 3.94. The van der Waals surface area contributed by atoms with E-state index < -0.39 is 0 Å². The highest BCUT2D eigenvalue weighted by Gasteiger charge is 2.19. The zero-order valence-electron chi connectivity index (χ0n) is 10.2. The van der Waals surface area contributed by atoms with Crippen molar-refractivity contribution in [2.45, 2.75) is 32.2 Å². The van der Waals surface area contributed by atoms with Crippen LogP contribution in [0.3, 0.4) is 0 Å². The summed E-state index contributed by atoms with van der Waals surface area (Å²) in [6.45, 7) is 6.92. The second kappa shape index (κ2) is 9.09. The summed E-state index contributed by atoms with van der Waals surface area (Å²) >= 11 is 0. The molecule has 0 heterocycles. The maximum atomic E-state index is 9.12. The van der Waals surface area contributed by atoms with Crippen molar-refractivity contribution in [2.24, 2.45) is 0 Å². The van der Waals surface area contributed by atoms with Crippen LogP contribution in [0.1, 0.15) is 26.7 Å². The molecule has 92 valence electrons. The number of aliphatic hydroxyl groups is 1. The van der Waals surface area contributed by atoms with E-state index in [1.165, 1.54) is 0 Å². The summed E-state index contributed by atoms with van der Waals surface area (Å²) in [7, 11) is 1.85. The first kappa shape index (κ1) is 14.8. The summed E-state index contributed by atoms with van der Waals surface area (Å²) in [4.78, 5) is 0. The third kappa shape index (κ3) is 7.73. The highest BCUT2D eigenvalue weighted by atomic mass is 16.5. The lowest BCUT2D eigenvalue weighted by molar-refractivity contribution is 0.0353. The Kier molecular flexibility index (Phi) is 9.00. The average Bonchev–Trinajstić information content (AvgIpc) is 2.27. The molecule has 4 heteroatoms. The molecular formula is C11H25NO3. The molecule has 0 aliphatic rings. The van der Waals surface area contributed by atoms with E-state index in [0.29, 0.717) is 19.8 Å². The molecule has 2 N–H and O–H groups in total. The fourth-order valence-corrected chi connectivity index (χ4v) is 1.05. The minimum absolute atomic E-state index is 0.124. The van der Waals surface area contributed by atoms with Gasteiger partial charge in [-0.1, -0.05) is 6.92 Å². The van der Waals surface area contributed by atoms with E-state index in [4.69, 9.17) is 14.6 Å². The smallest absolute Gasteiger partial charge is 0.0700 e. The molecule has 0 rings (SSSR count). The molecule has 0 aromatic heterocycles.